The van der Waals surface area contributed by atoms with Gasteiger partial charge in [0.25, 0.3) is 5.91 Å². The van der Waals surface area contributed by atoms with Crippen molar-refractivity contribution >= 4 is 34.6 Å². The highest BCUT2D eigenvalue weighted by atomic mass is 16.6. The smallest absolute Gasteiger partial charge is 0.407 e. The number of para-hydroxylation sites is 1. The number of imide groups is 1. The monoisotopic (exact) mass is 729 g/mol. The zero-order valence-electron chi connectivity index (χ0n) is 31.9. The van der Waals surface area contributed by atoms with E-state index in [4.69, 9.17) is 9.47 Å². The van der Waals surface area contributed by atoms with Gasteiger partial charge in [-0.2, -0.15) is 0 Å². The number of hydrogen-bond donors (Lipinski definition) is 1. The zero-order chi connectivity index (χ0) is 37.4. The third kappa shape index (κ3) is 7.96. The Kier molecular flexibility index (Phi) is 10.6. The van der Waals surface area contributed by atoms with E-state index in [0.29, 0.717) is 24.1 Å². The van der Waals surface area contributed by atoms with Crippen molar-refractivity contribution in [2.24, 2.45) is 13.0 Å². The van der Waals surface area contributed by atoms with Crippen molar-refractivity contribution in [2.75, 3.05) is 57.8 Å². The van der Waals surface area contributed by atoms with Crippen LogP contribution in [0.15, 0.2) is 47.3 Å². The molecule has 1 unspecified atom stereocenters. The molecule has 0 bridgehead atoms. The summed E-state index contributed by atoms with van der Waals surface area (Å²) in [6, 6.07) is 13.3. The van der Waals surface area contributed by atoms with Crippen LogP contribution in [0.25, 0.3) is 11.0 Å². The summed E-state index contributed by atoms with van der Waals surface area (Å²) in [5.41, 5.74) is 2.65. The lowest BCUT2D eigenvalue weighted by Gasteiger charge is -2.46. The zero-order valence-corrected chi connectivity index (χ0v) is 31.9. The van der Waals surface area contributed by atoms with Gasteiger partial charge in [0.15, 0.2) is 0 Å². The number of likely N-dealkylation sites (tertiary alicyclic amines) is 1. The molecule has 3 saturated heterocycles. The van der Waals surface area contributed by atoms with Crippen molar-refractivity contribution in [1.82, 2.24) is 29.2 Å². The fraction of sp³-hybridized carbons (Fsp3) is 0.600. The van der Waals surface area contributed by atoms with Crippen LogP contribution in [0.2, 0.25) is 0 Å². The van der Waals surface area contributed by atoms with E-state index in [1.54, 1.807) is 23.3 Å². The van der Waals surface area contributed by atoms with Crippen LogP contribution < -0.4 is 20.6 Å². The van der Waals surface area contributed by atoms with Crippen LogP contribution in [-0.2, 0) is 27.9 Å². The van der Waals surface area contributed by atoms with Gasteiger partial charge < -0.3 is 24.6 Å². The number of imidazole rings is 1. The Bertz CT molecular complexity index is 1860. The molecule has 1 aromatic heterocycles. The minimum atomic E-state index is -0.746. The summed E-state index contributed by atoms with van der Waals surface area (Å²) < 4.78 is 14.0. The molecule has 4 heterocycles. The second kappa shape index (κ2) is 15.2. The normalized spacial score (nSPS) is 23.7. The van der Waals surface area contributed by atoms with Gasteiger partial charge in [0.1, 0.15) is 17.4 Å². The number of ether oxygens (including phenoxy) is 2. The number of benzene rings is 2. The molecular formula is C40H55N7O6. The Morgan fingerprint density at radius 3 is 2.26 bits per heavy atom. The molecule has 7 rings (SSSR count). The van der Waals surface area contributed by atoms with Crippen LogP contribution in [-0.4, -0.2) is 112 Å². The van der Waals surface area contributed by atoms with Crippen LogP contribution in [0.4, 0.5) is 10.5 Å². The summed E-state index contributed by atoms with van der Waals surface area (Å²) in [4.78, 5) is 61.7. The Labute approximate surface area is 311 Å². The second-order valence-corrected chi connectivity index (χ2v) is 16.3. The van der Waals surface area contributed by atoms with Gasteiger partial charge in [-0.3, -0.25) is 28.5 Å². The second-order valence-electron chi connectivity index (χ2n) is 16.3. The lowest BCUT2D eigenvalue weighted by molar-refractivity contribution is -0.151. The molecule has 3 aromatic rings. The van der Waals surface area contributed by atoms with Crippen molar-refractivity contribution in [3.63, 3.8) is 0 Å². The van der Waals surface area contributed by atoms with E-state index < -0.39 is 11.6 Å². The number of hydrogen-bond acceptors (Lipinski definition) is 9. The lowest BCUT2D eigenvalue weighted by atomic mass is 9.90. The third-order valence-corrected chi connectivity index (χ3v) is 11.5. The average molecular weight is 730 g/mol. The predicted molar refractivity (Wildman–Crippen MR) is 203 cm³/mol. The summed E-state index contributed by atoms with van der Waals surface area (Å²) >= 11 is 0. The quantitative estimate of drug-likeness (QED) is 0.324. The molecule has 3 aliphatic heterocycles. The number of anilines is 1. The fourth-order valence-corrected chi connectivity index (χ4v) is 8.73. The van der Waals surface area contributed by atoms with Crippen molar-refractivity contribution in [2.45, 2.75) is 89.6 Å². The van der Waals surface area contributed by atoms with E-state index >= 15 is 0 Å². The van der Waals surface area contributed by atoms with Crippen molar-refractivity contribution in [1.29, 1.82) is 0 Å². The molecule has 1 N–H and O–H groups in total. The summed E-state index contributed by atoms with van der Waals surface area (Å²) in [7, 11) is 3.37. The number of nitrogens with zero attached hydrogens (tertiary/aromatic N) is 6. The topological polar surface area (TPSA) is 122 Å². The molecule has 4 aliphatic rings. The lowest BCUT2D eigenvalue weighted by Crippen LogP contribution is -2.56. The molecule has 13 heteroatoms. The first kappa shape index (κ1) is 37.0. The first-order valence-corrected chi connectivity index (χ1v) is 19.3. The number of amides is 3. The molecule has 0 radical (unpaired) electrons. The van der Waals surface area contributed by atoms with Gasteiger partial charge in [-0.05, 0) is 82.7 Å². The maximum atomic E-state index is 13.9. The van der Waals surface area contributed by atoms with E-state index in [1.807, 2.05) is 57.2 Å². The Hall–Kier alpha value is -4.36. The molecule has 3 amide bonds. The molecule has 1 saturated carbocycles. The minimum absolute atomic E-state index is 0.156. The SMILES string of the molecule is COc1ccc(CN2C(=O)CCC(n3c(=O)n(C)c4c(N5CC(CN6CCN(C7CCC(NC(=O)OC(C)(C)C)CC7)CC6)C5)cccc43)C2=O)cc1. The summed E-state index contributed by atoms with van der Waals surface area (Å²) in [6.07, 6.45) is 4.36. The van der Waals surface area contributed by atoms with Crippen LogP contribution in [0.3, 0.4) is 0 Å². The van der Waals surface area contributed by atoms with E-state index in [0.717, 1.165) is 93.8 Å². The largest absolute Gasteiger partial charge is 0.497 e. The number of carbonyl (C=O) groups excluding carboxylic acids is 3. The summed E-state index contributed by atoms with van der Waals surface area (Å²) in [6.45, 7) is 13.0. The number of fused-ring (bicyclic) bond motifs is 1. The van der Waals surface area contributed by atoms with Gasteiger partial charge in [-0.1, -0.05) is 18.2 Å². The number of carbonyl (C=O) groups is 3. The first-order valence-electron chi connectivity index (χ1n) is 19.3. The maximum Gasteiger partial charge on any atom is 0.407 e. The van der Waals surface area contributed by atoms with Crippen LogP contribution >= 0.6 is 0 Å². The molecule has 13 nitrogen and oxygen atoms in total. The third-order valence-electron chi connectivity index (χ3n) is 11.5. The molecule has 2 aromatic carbocycles. The first-order chi connectivity index (χ1) is 25.4. The highest BCUT2D eigenvalue weighted by Gasteiger charge is 2.39. The molecule has 53 heavy (non-hydrogen) atoms. The van der Waals surface area contributed by atoms with Gasteiger partial charge >= 0.3 is 11.8 Å². The number of piperidine rings is 1. The molecular weight excluding hydrogens is 674 g/mol. The standard InChI is InChI=1S/C40H55N7O6/c1-40(2,3)53-38(50)41-29-11-13-30(14-12-29)44-21-19-43(20-22-44)23-28-24-45(25-28)32-7-6-8-33-36(32)42(4)39(51)47(33)34-17-18-35(48)46(37(34)49)26-27-9-15-31(52-5)16-10-27/h6-10,15-16,28-30,34H,11-14,17-26H2,1-5H3,(H,41,50). The van der Waals surface area contributed by atoms with Crippen LogP contribution in [0, 0.1) is 5.92 Å². The Balaban J connectivity index is 0.927. The Morgan fingerprint density at radius 2 is 1.60 bits per heavy atom. The number of aryl methyl sites for hydroxylation is 1. The minimum Gasteiger partial charge on any atom is -0.497 e. The molecule has 1 aliphatic carbocycles. The maximum absolute atomic E-state index is 13.9. The average Bonchev–Trinajstić information content (AvgIpc) is 3.37. The van der Waals surface area contributed by atoms with Crippen LogP contribution in [0.1, 0.15) is 70.9 Å². The van der Waals surface area contributed by atoms with Gasteiger partial charge in [0, 0.05) is 77.3 Å². The van der Waals surface area contributed by atoms with Gasteiger partial charge in [-0.15, -0.1) is 0 Å². The number of alkyl carbamates (subject to hydrolysis) is 1. The van der Waals surface area contributed by atoms with E-state index in [2.05, 4.69) is 26.1 Å². The van der Waals surface area contributed by atoms with E-state index in [-0.39, 0.29) is 42.6 Å². The number of rotatable bonds is 9. The number of piperazine rings is 1. The van der Waals surface area contributed by atoms with E-state index in [9.17, 15) is 19.2 Å². The highest BCUT2D eigenvalue weighted by molar-refractivity contribution is 6.00. The Morgan fingerprint density at radius 1 is 0.906 bits per heavy atom. The van der Waals surface area contributed by atoms with E-state index in [1.165, 1.54) is 4.90 Å². The molecule has 4 fully saturated rings. The number of aromatic nitrogens is 2. The summed E-state index contributed by atoms with van der Waals surface area (Å²) in [5, 5.41) is 3.06. The molecule has 0 spiro atoms. The van der Waals surface area contributed by atoms with Crippen molar-refractivity contribution < 1.29 is 23.9 Å². The molecule has 286 valence electrons. The van der Waals surface area contributed by atoms with Gasteiger partial charge in [0.05, 0.1) is 30.4 Å². The fourth-order valence-electron chi connectivity index (χ4n) is 8.73. The van der Waals surface area contributed by atoms with Crippen molar-refractivity contribution in [3.8, 4) is 5.75 Å². The molecule has 1 atom stereocenters. The summed E-state index contributed by atoms with van der Waals surface area (Å²) in [5.74, 6) is 0.683. The van der Waals surface area contributed by atoms with Crippen molar-refractivity contribution in [3.05, 3.63) is 58.5 Å². The van der Waals surface area contributed by atoms with Gasteiger partial charge in [0.2, 0.25) is 5.91 Å². The number of methoxy groups -OCH3 is 1. The van der Waals surface area contributed by atoms with Gasteiger partial charge in [-0.25, -0.2) is 9.59 Å². The number of nitrogens with one attached hydrogen (secondary N) is 1. The highest BCUT2D eigenvalue weighted by Crippen LogP contribution is 2.35. The predicted octanol–water partition coefficient (Wildman–Crippen LogP) is 4.13. The van der Waals surface area contributed by atoms with Crippen LogP contribution in [0.5, 0.6) is 5.75 Å².